The summed E-state index contributed by atoms with van der Waals surface area (Å²) in [7, 11) is 1.66. The topological polar surface area (TPSA) is 695 Å². The van der Waals surface area contributed by atoms with Crippen molar-refractivity contribution in [3.8, 4) is 5.75 Å². The van der Waals surface area contributed by atoms with Gasteiger partial charge in [0.25, 0.3) is 0 Å². The van der Waals surface area contributed by atoms with Crippen LogP contribution in [0.15, 0.2) is 34.3 Å². The quantitative estimate of drug-likeness (QED) is 0.0191. The molecular weight excluding hydrogens is 1810 g/mol. The number of aliphatic carboxylic acids is 1. The summed E-state index contributed by atoms with van der Waals surface area (Å²) in [6, 6.07) is -9.20. The largest absolute Gasteiger partial charge is 0.508 e. The number of Topliss-reactive ketones (excluding diaryl/α,β-unsaturated/α-hetero) is 5. The summed E-state index contributed by atoms with van der Waals surface area (Å²) in [6.45, 7) is 9.97. The average molecular weight is 1980 g/mol. The van der Waals surface area contributed by atoms with Crippen molar-refractivity contribution < 1.29 is 97.1 Å². The van der Waals surface area contributed by atoms with Crippen molar-refractivity contribution in [2.24, 2.45) is 97.3 Å². The van der Waals surface area contributed by atoms with E-state index in [0.29, 0.717) is 50.6 Å². The number of phenolic OH excluding ortho intramolecular Hbond substituents is 1. The van der Waals surface area contributed by atoms with Crippen molar-refractivity contribution in [3.05, 3.63) is 29.8 Å². The second-order valence-electron chi connectivity index (χ2n) is 36.5. The van der Waals surface area contributed by atoms with Crippen LogP contribution < -0.4 is 93.7 Å². The van der Waals surface area contributed by atoms with Gasteiger partial charge in [-0.25, -0.2) is 0 Å². The van der Waals surface area contributed by atoms with Gasteiger partial charge < -0.3 is 114 Å². The van der Waals surface area contributed by atoms with Crippen LogP contribution in [0.4, 0.5) is 0 Å². The van der Waals surface area contributed by atoms with E-state index in [-0.39, 0.29) is 157 Å². The Bertz CT molecular complexity index is 3900. The molecule has 0 unspecified atom stereocenters. The molecule has 1 aliphatic heterocycles. The van der Waals surface area contributed by atoms with Crippen molar-refractivity contribution >= 4 is 139 Å². The van der Waals surface area contributed by atoms with Crippen molar-refractivity contribution in [2.45, 2.75) is 340 Å². The maximum atomic E-state index is 15.7. The summed E-state index contributed by atoms with van der Waals surface area (Å²) in [4.78, 5) is 242. The Labute approximate surface area is 815 Å². The zero-order valence-electron chi connectivity index (χ0n) is 81.2. The molecule has 1 aliphatic rings. The molecule has 1 fully saturated rings. The number of hydrogen-bond donors (Lipinski definition) is 21. The molecule has 1 saturated heterocycles. The SMILES string of the molecule is CCCCCCCCCCCCCCCC(=O)C[C@@H](CCCCN)C(=O)N[C@@H](CCCCN)C(=O)C[C@@H](CC(C)C)C(=O)N[C@H]1CSSC[C@H](C(=O)C[C@@H](Cc2ccc(O)cc2)C(=O)N[C@@H](CCCN=C(N)N)C(=O)C[C@@H](CC(C)C)C(N)=O)NC(=O)[C@H](CCCCN)NC(=O)[C@H](CC(=O)O)NC(=O)[C@H]([C@@H](C)O)CC(=O)[C@H](CCSC)NC(=O)[C@H](CO)NC(=O)[C@H](CCCN=C(N)N)NC1=O. The van der Waals surface area contributed by atoms with Crippen molar-refractivity contribution in [1.82, 2.24) is 47.9 Å². The highest BCUT2D eigenvalue weighted by molar-refractivity contribution is 8.76. The molecule has 772 valence electrons. The molecule has 1 aromatic carbocycles. The van der Waals surface area contributed by atoms with E-state index < -0.39 is 228 Å². The van der Waals surface area contributed by atoms with Crippen molar-refractivity contribution in [3.63, 3.8) is 0 Å². The number of aromatic hydroxyl groups is 1. The van der Waals surface area contributed by atoms with E-state index in [1.54, 1.807) is 20.1 Å². The van der Waals surface area contributed by atoms with Crippen LogP contribution in [-0.4, -0.2) is 250 Å². The number of benzene rings is 1. The standard InChI is InChI=1S/C94H163N19O20S3/c1-8-9-10-11-12-13-14-15-16-17-18-19-20-30-67(117)49-62(29-21-24-40-95)84(125)105-69(31-22-25-41-96)79(119)51-64(47-59(4)5)85(126)113-77-57-136-135-56-76(80(120)52-65(48-61-35-37-66(116)38-36-61)86(127)106-70(33-27-43-103-93(99)100)78(118)50-63(83(98)124)46-58(2)3)112-89(130)72(32-23-26-42-97)108-90(131)74(54-82(122)123)110-87(128)68(60(6)115)53-81(121)71(39-45-134-7)107-91(132)75(55-114)111-88(129)73(109-92(77)133)34-28-44-104-94(101)102/h35-38,58-60,62-65,68-77,114-116H,8-34,39-57,95-97H2,1-7H3,(H2,98,124)(H,105,125)(H,106,127)(H,107,132)(H,108,131)(H,109,133)(H,110,128)(H,111,129)(H,112,130)(H,113,126)(H,122,123)(H4,99,100,103)(H4,101,102,104)/t60-,62-,63-,64-,65-,68+,69+,70+,71+,72+,73+,74+,75+,76-,77+/m1/s1. The van der Waals surface area contributed by atoms with Gasteiger partial charge in [0.2, 0.25) is 59.1 Å². The number of guanidine groups is 2. The fourth-order valence-corrected chi connectivity index (χ4v) is 18.7. The van der Waals surface area contributed by atoms with Gasteiger partial charge in [0.1, 0.15) is 41.7 Å². The van der Waals surface area contributed by atoms with Crippen LogP contribution in [0.2, 0.25) is 0 Å². The van der Waals surface area contributed by atoms with Gasteiger partial charge in [-0.1, -0.05) is 152 Å². The molecule has 0 aromatic heterocycles. The molecule has 0 spiro atoms. The number of aliphatic imine (C=N–C) groups is 2. The van der Waals surface area contributed by atoms with E-state index in [9.17, 15) is 68.4 Å². The molecule has 1 heterocycles. The summed E-state index contributed by atoms with van der Waals surface area (Å²) in [5.74, 6) is -22.8. The number of nitrogens with one attached hydrogen (secondary N) is 9. The van der Waals surface area contributed by atoms with Gasteiger partial charge in [-0.3, -0.25) is 86.7 Å². The molecule has 1 aromatic rings. The molecule has 0 aliphatic carbocycles. The summed E-state index contributed by atoms with van der Waals surface area (Å²) >= 11 is 1.24. The van der Waals surface area contributed by atoms with Crippen molar-refractivity contribution in [1.29, 1.82) is 0 Å². The highest BCUT2D eigenvalue weighted by Crippen LogP contribution is 2.29. The maximum absolute atomic E-state index is 15.7. The van der Waals surface area contributed by atoms with Gasteiger partial charge in [-0.15, -0.1) is 0 Å². The smallest absolute Gasteiger partial charge is 0.305 e. The van der Waals surface area contributed by atoms with E-state index in [4.69, 9.17) is 45.9 Å². The third-order valence-electron chi connectivity index (χ3n) is 23.7. The Hall–Kier alpha value is -9.07. The first-order valence-corrected chi connectivity index (χ1v) is 52.5. The van der Waals surface area contributed by atoms with Crippen LogP contribution in [0.25, 0.3) is 0 Å². The first kappa shape index (κ1) is 123. The monoisotopic (exact) mass is 1970 g/mol. The van der Waals surface area contributed by atoms with Gasteiger partial charge >= 0.3 is 5.97 Å². The molecule has 39 nitrogen and oxygen atoms in total. The number of carboxylic acid groups (broad SMARTS) is 1. The number of thioether (sulfide) groups is 1. The minimum Gasteiger partial charge on any atom is -0.508 e. The second kappa shape index (κ2) is 71.4. The number of hydrogen-bond acceptors (Lipinski definition) is 27. The summed E-state index contributed by atoms with van der Waals surface area (Å²) in [6.07, 6.45) is 13.0. The number of primary amides is 1. The third-order valence-corrected chi connectivity index (χ3v) is 26.7. The number of nitrogens with zero attached hydrogens (tertiary/aromatic N) is 2. The van der Waals surface area contributed by atoms with Crippen LogP contribution in [0, 0.1) is 41.4 Å². The molecule has 136 heavy (non-hydrogen) atoms. The molecule has 2 rings (SSSR count). The normalized spacial score (nSPS) is 19.7. The number of carbonyl (C=O) groups excluding carboxylic acids is 15. The molecule has 29 N–H and O–H groups in total. The Kier molecular flexibility index (Phi) is 64.6. The zero-order chi connectivity index (χ0) is 102. The minimum absolute atomic E-state index is 0.00130. The lowest BCUT2D eigenvalue weighted by Crippen LogP contribution is -2.59. The van der Waals surface area contributed by atoms with Gasteiger partial charge in [0.15, 0.2) is 35.1 Å². The van der Waals surface area contributed by atoms with E-state index in [1.165, 1.54) is 87.4 Å². The summed E-state index contributed by atoms with van der Waals surface area (Å²) in [5, 5.41) is 66.4. The highest BCUT2D eigenvalue weighted by atomic mass is 33.1. The van der Waals surface area contributed by atoms with Gasteiger partial charge in [0, 0.05) is 86.8 Å². The predicted molar refractivity (Wildman–Crippen MR) is 531 cm³/mol. The second-order valence-corrected chi connectivity index (χ2v) is 40.1. The van der Waals surface area contributed by atoms with E-state index in [0.717, 1.165) is 54.2 Å². The number of carboxylic acids is 1. The number of unbranched alkanes of at least 4 members (excludes halogenated alkanes) is 15. The number of aliphatic hydroxyl groups is 2. The molecule has 15 atom stereocenters. The number of nitrogens with two attached hydrogens (primary N) is 8. The first-order chi connectivity index (χ1) is 64.7. The van der Waals surface area contributed by atoms with Crippen LogP contribution in [-0.2, 0) is 83.1 Å². The highest BCUT2D eigenvalue weighted by Gasteiger charge is 2.41. The van der Waals surface area contributed by atoms with Crippen LogP contribution in [0.5, 0.6) is 5.75 Å². The Morgan fingerprint density at radius 2 is 0.971 bits per heavy atom. The molecule has 0 bridgehead atoms. The average Bonchev–Trinajstić information content (AvgIpc) is 0.855. The third kappa shape index (κ3) is 53.2. The fraction of sp³-hybridized carbons (Fsp3) is 0.745. The van der Waals surface area contributed by atoms with E-state index >= 15 is 28.8 Å². The molecule has 0 radical (unpaired) electrons. The van der Waals surface area contributed by atoms with Crippen LogP contribution in [0.3, 0.4) is 0 Å². The maximum Gasteiger partial charge on any atom is 0.305 e. The summed E-state index contributed by atoms with van der Waals surface area (Å²) in [5.41, 5.74) is 46.7. The summed E-state index contributed by atoms with van der Waals surface area (Å²) < 4.78 is 0. The number of amides is 10. The molecular formula is C94H163N19O20S3. The van der Waals surface area contributed by atoms with Crippen molar-refractivity contribution in [2.75, 3.05) is 62.8 Å². The number of phenols is 1. The van der Waals surface area contributed by atoms with E-state index in [2.05, 4.69) is 64.8 Å². The fourth-order valence-electron chi connectivity index (χ4n) is 15.9. The first-order valence-electron chi connectivity index (χ1n) is 48.6. The Morgan fingerprint density at radius 1 is 0.500 bits per heavy atom. The number of ketones is 5. The Balaban J connectivity index is 3.15. The number of carbonyl (C=O) groups is 16. The minimum atomic E-state index is -2.05. The predicted octanol–water partition coefficient (Wildman–Crippen LogP) is 3.72. The van der Waals surface area contributed by atoms with Gasteiger partial charge in [-0.05, 0) is 177 Å². The Morgan fingerprint density at radius 3 is 1.51 bits per heavy atom. The van der Waals surface area contributed by atoms with Gasteiger partial charge in [0.05, 0.1) is 49.2 Å². The zero-order valence-corrected chi connectivity index (χ0v) is 83.7. The molecule has 10 amide bonds. The lowest BCUT2D eigenvalue weighted by atomic mass is 9.88. The van der Waals surface area contributed by atoms with Crippen LogP contribution in [0.1, 0.15) is 278 Å². The lowest BCUT2D eigenvalue weighted by Gasteiger charge is -2.28. The number of aliphatic hydroxyl groups excluding tert-OH is 2. The van der Waals surface area contributed by atoms with Crippen LogP contribution >= 0.6 is 33.3 Å². The molecule has 0 saturated carbocycles. The van der Waals surface area contributed by atoms with E-state index in [1.807, 2.05) is 13.8 Å². The lowest BCUT2D eigenvalue weighted by molar-refractivity contribution is -0.142. The number of rotatable bonds is 65. The van der Waals surface area contributed by atoms with Gasteiger partial charge in [-0.2, -0.15) is 11.8 Å². The molecule has 42 heteroatoms.